The third-order valence-corrected chi connectivity index (χ3v) is 3.63. The van der Waals surface area contributed by atoms with Crippen molar-refractivity contribution in [3.8, 4) is 0 Å². The second kappa shape index (κ2) is 8.33. The largest absolute Gasteiger partial charge is 0.375 e. The number of rotatable bonds is 3. The minimum atomic E-state index is -0.419. The molecule has 22 heavy (non-hydrogen) atoms. The third kappa shape index (κ3) is 4.33. The fourth-order valence-corrected chi connectivity index (χ4v) is 2.36. The van der Waals surface area contributed by atoms with Gasteiger partial charge in [0.2, 0.25) is 5.91 Å². The quantitative estimate of drug-likeness (QED) is 0.772. The van der Waals surface area contributed by atoms with E-state index in [4.69, 9.17) is 16.3 Å². The molecule has 1 aliphatic heterocycles. The Morgan fingerprint density at radius 1 is 1.41 bits per heavy atom. The summed E-state index contributed by atoms with van der Waals surface area (Å²) in [7, 11) is 1.52. The Kier molecular flexibility index (Phi) is 7.09. The van der Waals surface area contributed by atoms with Gasteiger partial charge in [0.25, 0.3) is 5.91 Å². The molecule has 3 N–H and O–H groups in total. The van der Waals surface area contributed by atoms with Crippen molar-refractivity contribution in [2.24, 2.45) is 0 Å². The van der Waals surface area contributed by atoms with E-state index in [1.54, 1.807) is 18.2 Å². The molecule has 2 rings (SSSR count). The van der Waals surface area contributed by atoms with Gasteiger partial charge in [-0.2, -0.15) is 0 Å². The maximum atomic E-state index is 12.2. The maximum Gasteiger partial charge on any atom is 0.252 e. The monoisotopic (exact) mass is 347 g/mol. The molecule has 1 aromatic carbocycles. The zero-order chi connectivity index (χ0) is 15.4. The Morgan fingerprint density at radius 3 is 2.77 bits per heavy atom. The molecule has 0 bridgehead atoms. The minimum absolute atomic E-state index is 0. The van der Waals surface area contributed by atoms with E-state index in [-0.39, 0.29) is 30.3 Å². The number of ether oxygens (including phenoxy) is 1. The standard InChI is InChI=1S/C14H18ClN3O3.ClH/c1-8-12(17-5-6-21-8)14(20)18-9-3-4-11(15)10(7-9)13(19)16-2;/h3-4,7-8,12,17H,5-6H2,1-2H3,(H,16,19)(H,18,20);1H/t8-,12+;/m1./s1. The average Bonchev–Trinajstić information content (AvgIpc) is 2.48. The van der Waals surface area contributed by atoms with Crippen molar-refractivity contribution >= 4 is 41.5 Å². The van der Waals surface area contributed by atoms with Crippen LogP contribution in [0.5, 0.6) is 0 Å². The second-order valence-corrected chi connectivity index (χ2v) is 5.18. The molecule has 1 fully saturated rings. The van der Waals surface area contributed by atoms with Crippen molar-refractivity contribution in [2.45, 2.75) is 19.1 Å². The van der Waals surface area contributed by atoms with Crippen LogP contribution in [0, 0.1) is 0 Å². The zero-order valence-electron chi connectivity index (χ0n) is 12.3. The van der Waals surface area contributed by atoms with Crippen molar-refractivity contribution < 1.29 is 14.3 Å². The molecule has 6 nitrogen and oxygen atoms in total. The molecular formula is C14H19Cl2N3O3. The lowest BCUT2D eigenvalue weighted by molar-refractivity contribution is -0.123. The van der Waals surface area contributed by atoms with Crippen LogP contribution in [0.25, 0.3) is 0 Å². The number of halogens is 2. The predicted molar refractivity (Wildman–Crippen MR) is 87.9 cm³/mol. The van der Waals surface area contributed by atoms with E-state index in [0.29, 0.717) is 29.4 Å². The fraction of sp³-hybridized carbons (Fsp3) is 0.429. The first-order valence-corrected chi connectivity index (χ1v) is 7.08. The Hall–Kier alpha value is -1.34. The van der Waals surface area contributed by atoms with E-state index in [9.17, 15) is 9.59 Å². The normalized spacial score (nSPS) is 20.7. The lowest BCUT2D eigenvalue weighted by atomic mass is 10.1. The highest BCUT2D eigenvalue weighted by Gasteiger charge is 2.28. The van der Waals surface area contributed by atoms with Gasteiger partial charge in [0, 0.05) is 19.3 Å². The first-order valence-electron chi connectivity index (χ1n) is 6.70. The van der Waals surface area contributed by atoms with Crippen LogP contribution < -0.4 is 16.0 Å². The number of carbonyl (C=O) groups excluding carboxylic acids is 2. The van der Waals surface area contributed by atoms with E-state index in [2.05, 4.69) is 16.0 Å². The van der Waals surface area contributed by atoms with Crippen molar-refractivity contribution in [3.05, 3.63) is 28.8 Å². The summed E-state index contributed by atoms with van der Waals surface area (Å²) in [4.78, 5) is 23.9. The molecule has 8 heteroatoms. The number of amides is 2. The molecule has 0 radical (unpaired) electrons. The van der Waals surface area contributed by atoms with Crippen molar-refractivity contribution in [2.75, 3.05) is 25.5 Å². The number of nitrogens with one attached hydrogen (secondary N) is 3. The van der Waals surface area contributed by atoms with Crippen LogP contribution in [0.1, 0.15) is 17.3 Å². The lowest BCUT2D eigenvalue weighted by Crippen LogP contribution is -2.53. The van der Waals surface area contributed by atoms with Crippen LogP contribution in [0.2, 0.25) is 5.02 Å². The lowest BCUT2D eigenvalue weighted by Gasteiger charge is -2.29. The van der Waals surface area contributed by atoms with E-state index >= 15 is 0 Å². The number of anilines is 1. The molecule has 122 valence electrons. The van der Waals surface area contributed by atoms with Gasteiger partial charge in [0.05, 0.1) is 23.3 Å². The summed E-state index contributed by atoms with van der Waals surface area (Å²) >= 11 is 5.97. The van der Waals surface area contributed by atoms with Crippen LogP contribution in [0.3, 0.4) is 0 Å². The molecular weight excluding hydrogens is 329 g/mol. The van der Waals surface area contributed by atoms with Gasteiger partial charge in [-0.1, -0.05) is 11.6 Å². The number of hydrogen-bond acceptors (Lipinski definition) is 4. The summed E-state index contributed by atoms with van der Waals surface area (Å²) in [5.74, 6) is -0.504. The van der Waals surface area contributed by atoms with Crippen LogP contribution in [0.15, 0.2) is 18.2 Å². The summed E-state index contributed by atoms with van der Waals surface area (Å²) in [5, 5.41) is 8.71. The average molecular weight is 348 g/mol. The summed E-state index contributed by atoms with van der Waals surface area (Å²) in [6.07, 6.45) is -0.204. The van der Waals surface area contributed by atoms with Gasteiger partial charge in [-0.15, -0.1) is 12.4 Å². The van der Waals surface area contributed by atoms with E-state index in [1.807, 2.05) is 6.92 Å². The van der Waals surface area contributed by atoms with Gasteiger partial charge in [-0.25, -0.2) is 0 Å². The molecule has 1 heterocycles. The van der Waals surface area contributed by atoms with Crippen LogP contribution in [-0.2, 0) is 9.53 Å². The highest BCUT2D eigenvalue weighted by molar-refractivity contribution is 6.34. The van der Waals surface area contributed by atoms with Crippen LogP contribution in [0.4, 0.5) is 5.69 Å². The Bertz CT molecular complexity index is 554. The molecule has 1 aliphatic rings. The van der Waals surface area contributed by atoms with E-state index < -0.39 is 6.04 Å². The molecule has 0 saturated carbocycles. The van der Waals surface area contributed by atoms with Gasteiger partial charge in [-0.3, -0.25) is 9.59 Å². The van der Waals surface area contributed by atoms with Crippen LogP contribution in [-0.4, -0.2) is 44.2 Å². The number of carbonyl (C=O) groups is 2. The maximum absolute atomic E-state index is 12.2. The first kappa shape index (κ1) is 18.7. The molecule has 0 unspecified atom stereocenters. The topological polar surface area (TPSA) is 79.5 Å². The molecule has 0 spiro atoms. The van der Waals surface area contributed by atoms with Gasteiger partial charge in [-0.05, 0) is 25.1 Å². The van der Waals surface area contributed by atoms with Crippen LogP contribution >= 0.6 is 24.0 Å². The minimum Gasteiger partial charge on any atom is -0.375 e. The smallest absolute Gasteiger partial charge is 0.252 e. The van der Waals surface area contributed by atoms with E-state index in [0.717, 1.165) is 0 Å². The van der Waals surface area contributed by atoms with Crippen molar-refractivity contribution in [1.29, 1.82) is 0 Å². The Morgan fingerprint density at radius 2 is 2.14 bits per heavy atom. The number of morpholine rings is 1. The molecule has 1 saturated heterocycles. The highest BCUT2D eigenvalue weighted by Crippen LogP contribution is 2.21. The number of benzene rings is 1. The predicted octanol–water partition coefficient (Wildman–Crippen LogP) is 1.44. The zero-order valence-corrected chi connectivity index (χ0v) is 13.9. The van der Waals surface area contributed by atoms with Gasteiger partial charge < -0.3 is 20.7 Å². The molecule has 2 atom stereocenters. The first-order chi connectivity index (χ1) is 10.0. The second-order valence-electron chi connectivity index (χ2n) is 4.77. The summed E-state index contributed by atoms with van der Waals surface area (Å²) in [6, 6.07) is 4.36. The highest BCUT2D eigenvalue weighted by atomic mass is 35.5. The van der Waals surface area contributed by atoms with Gasteiger partial charge in [0.15, 0.2) is 0 Å². The molecule has 0 aliphatic carbocycles. The molecule has 0 aromatic heterocycles. The van der Waals surface area contributed by atoms with Crippen molar-refractivity contribution in [3.63, 3.8) is 0 Å². The Labute approximate surface area is 140 Å². The summed E-state index contributed by atoms with van der Waals surface area (Å²) in [6.45, 7) is 3.06. The summed E-state index contributed by atoms with van der Waals surface area (Å²) < 4.78 is 5.44. The Balaban J connectivity index is 0.00000242. The van der Waals surface area contributed by atoms with Gasteiger partial charge in [0.1, 0.15) is 6.04 Å². The fourth-order valence-electron chi connectivity index (χ4n) is 2.16. The van der Waals surface area contributed by atoms with E-state index in [1.165, 1.54) is 7.05 Å². The van der Waals surface area contributed by atoms with Crippen molar-refractivity contribution in [1.82, 2.24) is 10.6 Å². The molecule has 1 aromatic rings. The van der Waals surface area contributed by atoms with Gasteiger partial charge >= 0.3 is 0 Å². The summed E-state index contributed by atoms with van der Waals surface area (Å²) in [5.41, 5.74) is 0.834. The SMILES string of the molecule is CNC(=O)c1cc(NC(=O)[C@H]2NCCO[C@@H]2C)ccc1Cl.Cl. The third-order valence-electron chi connectivity index (χ3n) is 3.30. The molecule has 2 amide bonds. The number of hydrogen-bond donors (Lipinski definition) is 3.